The van der Waals surface area contributed by atoms with Gasteiger partial charge in [0.1, 0.15) is 4.90 Å². The van der Waals surface area contributed by atoms with Crippen molar-refractivity contribution in [2.45, 2.75) is 31.3 Å². The molecule has 0 aliphatic rings. The molecule has 1 unspecified atom stereocenters. The summed E-state index contributed by atoms with van der Waals surface area (Å²) < 4.78 is 28.6. The highest BCUT2D eigenvalue weighted by Gasteiger charge is 2.23. The van der Waals surface area contributed by atoms with Crippen LogP contribution in [0.15, 0.2) is 35.5 Å². The number of nitrogens with zero attached hydrogens (tertiary/aromatic N) is 3. The Kier molecular flexibility index (Phi) is 4.05. The molecule has 8 heteroatoms. The van der Waals surface area contributed by atoms with Crippen molar-refractivity contribution in [3.63, 3.8) is 0 Å². The number of pyridine rings is 1. The first-order valence-corrected chi connectivity index (χ1v) is 7.68. The van der Waals surface area contributed by atoms with E-state index in [4.69, 9.17) is 5.73 Å². The van der Waals surface area contributed by atoms with Crippen LogP contribution in [0, 0.1) is 0 Å². The third kappa shape index (κ3) is 2.97. The number of nitrogen functional groups attached to an aromatic ring is 1. The van der Waals surface area contributed by atoms with Crippen molar-refractivity contribution in [2.75, 3.05) is 5.73 Å². The van der Waals surface area contributed by atoms with Crippen LogP contribution in [-0.4, -0.2) is 23.2 Å². The highest BCUT2D eigenvalue weighted by molar-refractivity contribution is 7.89. The Hall–Kier alpha value is -1.93. The highest BCUT2D eigenvalue weighted by Crippen LogP contribution is 2.19. The molecule has 3 N–H and O–H groups in total. The zero-order valence-electron chi connectivity index (χ0n) is 11.3. The molecule has 1 atom stereocenters. The number of aryl methyl sites for hydroxylation is 1. The monoisotopic (exact) mass is 295 g/mol. The van der Waals surface area contributed by atoms with Crippen molar-refractivity contribution in [3.8, 4) is 0 Å². The lowest BCUT2D eigenvalue weighted by molar-refractivity contribution is 0.564. The van der Waals surface area contributed by atoms with Crippen LogP contribution in [0.3, 0.4) is 0 Å². The SMILES string of the molecule is CCn1cc(S(=O)(=O)NC(C)c2ccccn2)c(N)n1. The molecular weight excluding hydrogens is 278 g/mol. The van der Waals surface area contributed by atoms with Gasteiger partial charge in [0, 0.05) is 18.9 Å². The zero-order chi connectivity index (χ0) is 14.8. The normalized spacial score (nSPS) is 13.3. The maximum Gasteiger partial charge on any atom is 0.246 e. The lowest BCUT2D eigenvalue weighted by Crippen LogP contribution is -2.27. The highest BCUT2D eigenvalue weighted by atomic mass is 32.2. The largest absolute Gasteiger partial charge is 0.381 e. The van der Waals surface area contributed by atoms with Crippen LogP contribution in [0.2, 0.25) is 0 Å². The van der Waals surface area contributed by atoms with E-state index in [-0.39, 0.29) is 10.7 Å². The van der Waals surface area contributed by atoms with Gasteiger partial charge in [-0.25, -0.2) is 13.1 Å². The van der Waals surface area contributed by atoms with Gasteiger partial charge in [0.05, 0.1) is 11.7 Å². The minimum atomic E-state index is -3.73. The summed E-state index contributed by atoms with van der Waals surface area (Å²) in [6.45, 7) is 4.13. The van der Waals surface area contributed by atoms with Crippen molar-refractivity contribution in [1.29, 1.82) is 0 Å². The Morgan fingerprint density at radius 3 is 2.75 bits per heavy atom. The first-order valence-electron chi connectivity index (χ1n) is 6.20. The van der Waals surface area contributed by atoms with E-state index in [0.29, 0.717) is 12.2 Å². The fourth-order valence-electron chi connectivity index (χ4n) is 1.78. The predicted octanol–water partition coefficient (Wildman–Crippen LogP) is 0.920. The average molecular weight is 295 g/mol. The van der Waals surface area contributed by atoms with E-state index < -0.39 is 16.1 Å². The molecular formula is C12H17N5O2S. The maximum absolute atomic E-state index is 12.3. The molecule has 0 aliphatic heterocycles. The summed E-state index contributed by atoms with van der Waals surface area (Å²) in [7, 11) is -3.73. The smallest absolute Gasteiger partial charge is 0.246 e. The van der Waals surface area contributed by atoms with E-state index in [2.05, 4.69) is 14.8 Å². The van der Waals surface area contributed by atoms with Crippen LogP contribution < -0.4 is 10.5 Å². The Morgan fingerprint density at radius 1 is 1.45 bits per heavy atom. The number of sulfonamides is 1. The molecule has 0 bridgehead atoms. The molecule has 108 valence electrons. The van der Waals surface area contributed by atoms with E-state index in [1.165, 1.54) is 10.9 Å². The van der Waals surface area contributed by atoms with Gasteiger partial charge < -0.3 is 5.73 Å². The quantitative estimate of drug-likeness (QED) is 0.853. The van der Waals surface area contributed by atoms with E-state index in [9.17, 15) is 8.42 Å². The van der Waals surface area contributed by atoms with Gasteiger partial charge in [-0.1, -0.05) is 6.07 Å². The Morgan fingerprint density at radius 2 is 2.20 bits per heavy atom. The molecule has 0 aromatic carbocycles. The molecule has 2 aromatic heterocycles. The fourth-order valence-corrected chi connectivity index (χ4v) is 3.07. The molecule has 0 radical (unpaired) electrons. The Balaban J connectivity index is 2.25. The summed E-state index contributed by atoms with van der Waals surface area (Å²) in [6.07, 6.45) is 3.03. The second-order valence-corrected chi connectivity index (χ2v) is 6.01. The van der Waals surface area contributed by atoms with Gasteiger partial charge in [-0.15, -0.1) is 0 Å². The van der Waals surface area contributed by atoms with Gasteiger partial charge in [0.15, 0.2) is 5.82 Å². The van der Waals surface area contributed by atoms with E-state index in [1.807, 2.05) is 6.92 Å². The predicted molar refractivity (Wildman–Crippen MR) is 75.3 cm³/mol. The topological polar surface area (TPSA) is 103 Å². The van der Waals surface area contributed by atoms with Crippen LogP contribution in [0.1, 0.15) is 25.6 Å². The number of nitrogens with one attached hydrogen (secondary N) is 1. The fraction of sp³-hybridized carbons (Fsp3) is 0.333. The Labute approximate surface area is 117 Å². The van der Waals surface area contributed by atoms with Gasteiger partial charge in [-0.3, -0.25) is 9.67 Å². The van der Waals surface area contributed by atoms with E-state index in [1.54, 1.807) is 31.3 Å². The molecule has 7 nitrogen and oxygen atoms in total. The Bertz CT molecular complexity index is 681. The summed E-state index contributed by atoms with van der Waals surface area (Å²) in [4.78, 5) is 4.11. The molecule has 0 saturated heterocycles. The van der Waals surface area contributed by atoms with E-state index >= 15 is 0 Å². The van der Waals surface area contributed by atoms with Crippen LogP contribution in [0.4, 0.5) is 5.82 Å². The zero-order valence-corrected chi connectivity index (χ0v) is 12.1. The second kappa shape index (κ2) is 5.59. The summed E-state index contributed by atoms with van der Waals surface area (Å²) in [6, 6.07) is 4.88. The number of hydrogen-bond donors (Lipinski definition) is 2. The molecule has 2 aromatic rings. The van der Waals surface area contributed by atoms with Crippen LogP contribution in [0.5, 0.6) is 0 Å². The number of aromatic nitrogens is 3. The first kappa shape index (κ1) is 14.5. The molecule has 0 fully saturated rings. The summed E-state index contributed by atoms with van der Waals surface area (Å²) >= 11 is 0. The molecule has 0 amide bonds. The van der Waals surface area contributed by atoms with Gasteiger partial charge >= 0.3 is 0 Å². The van der Waals surface area contributed by atoms with Gasteiger partial charge in [-0.05, 0) is 26.0 Å². The van der Waals surface area contributed by atoms with E-state index in [0.717, 1.165) is 0 Å². The molecule has 0 saturated carbocycles. The number of nitrogens with two attached hydrogens (primary N) is 1. The number of rotatable bonds is 5. The molecule has 2 rings (SSSR count). The first-order chi connectivity index (χ1) is 9.44. The van der Waals surface area contributed by atoms with Gasteiger partial charge in [0.2, 0.25) is 10.0 Å². The third-order valence-electron chi connectivity index (χ3n) is 2.83. The summed E-state index contributed by atoms with van der Waals surface area (Å²) in [5, 5.41) is 3.94. The lowest BCUT2D eigenvalue weighted by Gasteiger charge is -2.12. The molecule has 0 aliphatic carbocycles. The summed E-state index contributed by atoms with van der Waals surface area (Å²) in [5.41, 5.74) is 6.29. The van der Waals surface area contributed by atoms with Crippen molar-refractivity contribution < 1.29 is 8.42 Å². The maximum atomic E-state index is 12.3. The summed E-state index contributed by atoms with van der Waals surface area (Å²) in [5.74, 6) is -0.00688. The minimum absolute atomic E-state index is 0.00688. The number of anilines is 1. The van der Waals surface area contributed by atoms with Crippen LogP contribution in [0.25, 0.3) is 0 Å². The van der Waals surface area contributed by atoms with Crippen LogP contribution in [-0.2, 0) is 16.6 Å². The van der Waals surface area contributed by atoms with Crippen LogP contribution >= 0.6 is 0 Å². The molecule has 0 spiro atoms. The minimum Gasteiger partial charge on any atom is -0.381 e. The third-order valence-corrected chi connectivity index (χ3v) is 4.39. The molecule has 20 heavy (non-hydrogen) atoms. The van der Waals surface area contributed by atoms with Crippen molar-refractivity contribution in [1.82, 2.24) is 19.5 Å². The average Bonchev–Trinajstić information content (AvgIpc) is 2.81. The second-order valence-electron chi connectivity index (χ2n) is 4.33. The van der Waals surface area contributed by atoms with Crippen molar-refractivity contribution in [3.05, 3.63) is 36.3 Å². The van der Waals surface area contributed by atoms with Gasteiger partial charge in [-0.2, -0.15) is 5.10 Å². The van der Waals surface area contributed by atoms with Crippen molar-refractivity contribution >= 4 is 15.8 Å². The number of hydrogen-bond acceptors (Lipinski definition) is 5. The standard InChI is InChI=1S/C12H17N5O2S/c1-3-17-8-11(12(13)15-17)20(18,19)16-9(2)10-6-4-5-7-14-10/h4-9,16H,3H2,1-2H3,(H2,13,15). The lowest BCUT2D eigenvalue weighted by atomic mass is 10.2. The van der Waals surface area contributed by atoms with Gasteiger partial charge in [0.25, 0.3) is 0 Å². The molecule has 2 heterocycles. The van der Waals surface area contributed by atoms with Crippen molar-refractivity contribution in [2.24, 2.45) is 0 Å².